The van der Waals surface area contributed by atoms with Crippen molar-refractivity contribution in [2.45, 2.75) is 46.6 Å². The number of aryl methyl sites for hydroxylation is 1. The molecule has 6 heteroatoms. The van der Waals surface area contributed by atoms with E-state index in [0.717, 1.165) is 16.3 Å². The Bertz CT molecular complexity index is 760. The van der Waals surface area contributed by atoms with Gasteiger partial charge in [-0.2, -0.15) is 0 Å². The highest BCUT2D eigenvalue weighted by atomic mass is 32.1. The molecule has 1 heterocycles. The van der Waals surface area contributed by atoms with Gasteiger partial charge in [-0.1, -0.05) is 29.8 Å². The molecule has 140 valence electrons. The molecule has 0 saturated heterocycles. The van der Waals surface area contributed by atoms with Gasteiger partial charge in [-0.05, 0) is 34.6 Å². The molecule has 0 unspecified atom stereocenters. The average molecular weight is 374 g/mol. The lowest BCUT2D eigenvalue weighted by molar-refractivity contribution is -0.135. The zero-order valence-corrected chi connectivity index (χ0v) is 16.9. The molecule has 2 aromatic rings. The quantitative estimate of drug-likeness (QED) is 0.844. The first-order valence-electron chi connectivity index (χ1n) is 8.78. The number of hydrogen-bond donors (Lipinski definition) is 1. The highest BCUT2D eigenvalue weighted by molar-refractivity contribution is 7.13. The maximum absolute atomic E-state index is 12.5. The molecule has 0 radical (unpaired) electrons. The molecule has 0 aliphatic rings. The summed E-state index contributed by atoms with van der Waals surface area (Å²) in [6.45, 7) is 10.2. The lowest BCUT2D eigenvalue weighted by atomic mass is 10.1. The van der Waals surface area contributed by atoms with E-state index in [2.05, 4.69) is 10.3 Å². The van der Waals surface area contributed by atoms with Crippen LogP contribution in [0.4, 0.5) is 0 Å². The van der Waals surface area contributed by atoms with Crippen molar-refractivity contribution in [1.29, 1.82) is 0 Å². The van der Waals surface area contributed by atoms with Gasteiger partial charge < -0.3 is 10.2 Å². The molecule has 2 rings (SSSR count). The van der Waals surface area contributed by atoms with Crippen LogP contribution >= 0.6 is 11.3 Å². The number of benzene rings is 1. The topological polar surface area (TPSA) is 62.3 Å². The Morgan fingerprint density at radius 3 is 2.42 bits per heavy atom. The smallest absolute Gasteiger partial charge is 0.240 e. The summed E-state index contributed by atoms with van der Waals surface area (Å²) < 4.78 is 0. The van der Waals surface area contributed by atoms with Crippen LogP contribution in [0.25, 0.3) is 10.6 Å². The third-order valence-corrected chi connectivity index (χ3v) is 4.71. The molecule has 26 heavy (non-hydrogen) atoms. The van der Waals surface area contributed by atoms with E-state index in [9.17, 15) is 9.59 Å². The number of likely N-dealkylation sites (N-methyl/N-ethyl adjacent to an activating group) is 1. The van der Waals surface area contributed by atoms with Gasteiger partial charge in [0.1, 0.15) is 5.01 Å². The summed E-state index contributed by atoms with van der Waals surface area (Å²) in [7, 11) is 0. The van der Waals surface area contributed by atoms with E-state index in [1.165, 1.54) is 16.9 Å². The Kier molecular flexibility index (Phi) is 6.53. The Hall–Kier alpha value is -2.21. The van der Waals surface area contributed by atoms with E-state index in [-0.39, 0.29) is 30.3 Å². The fraction of sp³-hybridized carbons (Fsp3) is 0.450. The fourth-order valence-corrected chi connectivity index (χ4v) is 3.32. The summed E-state index contributed by atoms with van der Waals surface area (Å²) in [5.41, 5.74) is 2.69. The minimum atomic E-state index is -0.308. The van der Waals surface area contributed by atoms with Crippen LogP contribution in [0.3, 0.4) is 0 Å². The van der Waals surface area contributed by atoms with Crippen LogP contribution < -0.4 is 5.32 Å². The van der Waals surface area contributed by atoms with Crippen molar-refractivity contribution < 1.29 is 9.59 Å². The van der Waals surface area contributed by atoms with Gasteiger partial charge in [0.15, 0.2) is 0 Å². The van der Waals surface area contributed by atoms with Crippen LogP contribution in [0.15, 0.2) is 29.6 Å². The van der Waals surface area contributed by atoms with Crippen LogP contribution in [0.2, 0.25) is 0 Å². The van der Waals surface area contributed by atoms with Crippen LogP contribution in [-0.2, 0) is 16.0 Å². The summed E-state index contributed by atoms with van der Waals surface area (Å²) in [6.07, 6.45) is 0.207. The minimum Gasteiger partial charge on any atom is -0.350 e. The lowest BCUT2D eigenvalue weighted by Crippen LogP contribution is -2.47. The number of nitrogens with zero attached hydrogens (tertiary/aromatic N) is 2. The molecule has 0 bridgehead atoms. The van der Waals surface area contributed by atoms with Crippen molar-refractivity contribution in [2.75, 3.05) is 13.1 Å². The molecule has 0 saturated carbocycles. The molecule has 0 atom stereocenters. The number of carbonyl (C=O) groups excluding carboxylic acids is 2. The zero-order chi connectivity index (χ0) is 19.3. The molecule has 1 aromatic carbocycles. The average Bonchev–Trinajstić information content (AvgIpc) is 3.00. The first-order valence-corrected chi connectivity index (χ1v) is 9.66. The molecule has 1 aromatic heterocycles. The molecule has 0 aliphatic heterocycles. The van der Waals surface area contributed by atoms with Crippen LogP contribution in [-0.4, -0.2) is 40.3 Å². The van der Waals surface area contributed by atoms with Gasteiger partial charge in [0, 0.05) is 23.0 Å². The molecule has 5 nitrogen and oxygen atoms in total. The zero-order valence-electron chi connectivity index (χ0n) is 16.1. The molecule has 0 fully saturated rings. The Morgan fingerprint density at radius 1 is 1.19 bits per heavy atom. The van der Waals surface area contributed by atoms with Crippen molar-refractivity contribution in [3.63, 3.8) is 0 Å². The number of aromatic nitrogens is 1. The predicted molar refractivity (Wildman–Crippen MR) is 106 cm³/mol. The van der Waals surface area contributed by atoms with Gasteiger partial charge >= 0.3 is 0 Å². The molecular formula is C20H27N3O2S. The monoisotopic (exact) mass is 373 g/mol. The van der Waals surface area contributed by atoms with Crippen molar-refractivity contribution in [1.82, 2.24) is 15.2 Å². The summed E-state index contributed by atoms with van der Waals surface area (Å²) in [6, 6.07) is 8.17. The summed E-state index contributed by atoms with van der Waals surface area (Å²) in [4.78, 5) is 30.8. The van der Waals surface area contributed by atoms with E-state index >= 15 is 0 Å². The number of thiazole rings is 1. The van der Waals surface area contributed by atoms with Gasteiger partial charge in [0.25, 0.3) is 0 Å². The normalized spacial score (nSPS) is 11.3. The first-order chi connectivity index (χ1) is 12.2. The Balaban J connectivity index is 1.99. The van der Waals surface area contributed by atoms with Gasteiger partial charge in [0.2, 0.25) is 11.8 Å². The highest BCUT2D eigenvalue weighted by Gasteiger charge is 2.20. The SMILES string of the molecule is CCN(CC(=O)NC(C)(C)C)C(=O)Cc1csc(-c2ccc(C)cc2)n1. The summed E-state index contributed by atoms with van der Waals surface area (Å²) in [5, 5.41) is 5.70. The second-order valence-corrected chi connectivity index (χ2v) is 8.25. The van der Waals surface area contributed by atoms with Crippen molar-refractivity contribution in [3.05, 3.63) is 40.9 Å². The van der Waals surface area contributed by atoms with Gasteiger partial charge in [-0.3, -0.25) is 9.59 Å². The maximum Gasteiger partial charge on any atom is 0.240 e. The molecule has 2 amide bonds. The van der Waals surface area contributed by atoms with Crippen LogP contribution in [0.1, 0.15) is 39.0 Å². The van der Waals surface area contributed by atoms with Crippen LogP contribution in [0.5, 0.6) is 0 Å². The fourth-order valence-electron chi connectivity index (χ4n) is 2.49. The third kappa shape index (κ3) is 5.95. The number of nitrogens with one attached hydrogen (secondary N) is 1. The van der Waals surface area contributed by atoms with E-state index in [0.29, 0.717) is 6.54 Å². The number of amides is 2. The Morgan fingerprint density at radius 2 is 1.85 bits per heavy atom. The van der Waals surface area contributed by atoms with Gasteiger partial charge in [-0.25, -0.2) is 4.98 Å². The summed E-state index contributed by atoms with van der Waals surface area (Å²) >= 11 is 1.53. The van der Waals surface area contributed by atoms with Crippen molar-refractivity contribution in [3.8, 4) is 10.6 Å². The second-order valence-electron chi connectivity index (χ2n) is 7.39. The first kappa shape index (κ1) is 20.1. The minimum absolute atomic E-state index is 0.0710. The summed E-state index contributed by atoms with van der Waals surface area (Å²) in [5.74, 6) is -0.233. The lowest BCUT2D eigenvalue weighted by Gasteiger charge is -2.25. The molecule has 0 aliphatic carbocycles. The largest absolute Gasteiger partial charge is 0.350 e. The van der Waals surface area contributed by atoms with Gasteiger partial charge in [0.05, 0.1) is 18.7 Å². The predicted octanol–water partition coefficient (Wildman–Crippen LogP) is 3.42. The standard InChI is InChI=1S/C20H27N3O2S/c1-6-23(12-17(24)22-20(3,4)5)18(25)11-16-13-26-19(21-16)15-9-7-14(2)8-10-15/h7-10,13H,6,11-12H2,1-5H3,(H,22,24). The van der Waals surface area contributed by atoms with E-state index in [1.807, 2.05) is 64.3 Å². The third-order valence-electron chi connectivity index (χ3n) is 3.77. The van der Waals surface area contributed by atoms with Crippen molar-refractivity contribution in [2.24, 2.45) is 0 Å². The van der Waals surface area contributed by atoms with E-state index in [4.69, 9.17) is 0 Å². The van der Waals surface area contributed by atoms with Crippen molar-refractivity contribution >= 4 is 23.2 Å². The van der Waals surface area contributed by atoms with E-state index < -0.39 is 0 Å². The van der Waals surface area contributed by atoms with E-state index in [1.54, 1.807) is 4.90 Å². The van der Waals surface area contributed by atoms with Crippen LogP contribution in [0, 0.1) is 6.92 Å². The molecule has 1 N–H and O–H groups in total. The number of carbonyl (C=O) groups is 2. The molecule has 0 spiro atoms. The number of hydrogen-bond acceptors (Lipinski definition) is 4. The number of rotatable bonds is 6. The van der Waals surface area contributed by atoms with Gasteiger partial charge in [-0.15, -0.1) is 11.3 Å². The Labute approximate surface area is 159 Å². The second kappa shape index (κ2) is 8.45. The highest BCUT2D eigenvalue weighted by Crippen LogP contribution is 2.24. The maximum atomic E-state index is 12.5. The molecular weight excluding hydrogens is 346 g/mol.